The van der Waals surface area contributed by atoms with Crippen molar-refractivity contribution in [1.29, 1.82) is 0 Å². The summed E-state index contributed by atoms with van der Waals surface area (Å²) < 4.78 is 56.7. The SMILES string of the molecule is CC/C=C\C/C=C\C/C=C\C/C=C\CCCCCCC(=O)O[C@H](COC(=O)CC/C=C\C/C=C\C/C=C\C/C=C/C=C/C(O)C/C=C\CC)COP(=O)(O)OP(=O)(O)OC[C@H]1O[C@@H](n2ccc(N)nc2=O)[C@H](O)[C@@H]1O. The van der Waals surface area contributed by atoms with E-state index >= 15 is 0 Å². The van der Waals surface area contributed by atoms with Crippen LogP contribution in [0.2, 0.25) is 0 Å². The number of nitrogen functional groups attached to an aromatic ring is 1. The molecule has 418 valence electrons. The molecule has 0 radical (unpaired) electrons. The van der Waals surface area contributed by atoms with Gasteiger partial charge in [-0.3, -0.25) is 23.2 Å². The molecule has 1 aliphatic heterocycles. The predicted octanol–water partition coefficient (Wildman–Crippen LogP) is 9.74. The minimum Gasteiger partial charge on any atom is -0.462 e. The number of esters is 2. The first-order chi connectivity index (χ1) is 36.1. The molecule has 7 N–H and O–H groups in total. The fraction of sp³-hybridized carbons (Fsp3) is 0.519. The van der Waals surface area contributed by atoms with Crippen LogP contribution in [0, 0.1) is 0 Å². The van der Waals surface area contributed by atoms with Gasteiger partial charge in [0.2, 0.25) is 0 Å². The van der Waals surface area contributed by atoms with E-state index in [1.54, 1.807) is 6.08 Å². The number of phosphoric ester groups is 2. The number of nitrogens with zero attached hydrogens (tertiary/aromatic N) is 2. The van der Waals surface area contributed by atoms with E-state index in [1.165, 1.54) is 6.07 Å². The van der Waals surface area contributed by atoms with E-state index in [0.717, 1.165) is 81.4 Å². The normalized spacial score (nSPS) is 20.2. The number of carbonyl (C=O) groups excluding carboxylic acids is 2. The Balaban J connectivity index is 1.85. The highest BCUT2D eigenvalue weighted by Gasteiger charge is 2.46. The number of hydrogen-bond donors (Lipinski definition) is 6. The number of aliphatic hydroxyl groups excluding tert-OH is 3. The van der Waals surface area contributed by atoms with Crippen LogP contribution in [-0.2, 0) is 46.3 Å². The van der Waals surface area contributed by atoms with Gasteiger partial charge in [-0.15, -0.1) is 0 Å². The number of anilines is 1. The molecule has 0 spiro atoms. The standard InChI is InChI=1S/C54H81N3O16P2/c1-3-5-7-8-9-10-11-12-13-14-15-18-22-25-28-31-35-39-50(60)71-46(42-68-49(59)38-34-30-27-24-21-19-16-17-20-23-26-29-33-37-45(58)36-32-6-4-2)43-69-74(64,65)73-75(66,67)70-44-47-51(61)52(62)53(72-47)57-41-40-48(55)56-54(57)63/h5-7,9-10,12-13,15,17-21,26-27,29-30,32-33,37,40-41,45-47,51-53,58,61-62H,3-4,8,11,14,16,22-25,28,31,34-36,38-39,42-44H2,1-2H3,(H,64,65)(H,66,67)(H2,55,56,63)/b7-5-,10-9-,13-12-,18-15-,20-17-,21-19-,29-26+,30-27-,32-6-,37-33+/t45?,46-,47-,51-,52-,53-/m1/s1. The summed E-state index contributed by atoms with van der Waals surface area (Å²) in [5.41, 5.74) is 4.57. The summed E-state index contributed by atoms with van der Waals surface area (Å²) >= 11 is 0. The van der Waals surface area contributed by atoms with Crippen LogP contribution in [0.1, 0.15) is 129 Å². The molecule has 0 aliphatic carbocycles. The zero-order chi connectivity index (χ0) is 55.0. The second kappa shape index (κ2) is 40.4. The highest BCUT2D eigenvalue weighted by Crippen LogP contribution is 2.60. The van der Waals surface area contributed by atoms with E-state index in [2.05, 4.69) is 64.8 Å². The molecule has 0 aromatic carbocycles. The average Bonchev–Trinajstić information content (AvgIpc) is 3.64. The van der Waals surface area contributed by atoms with Gasteiger partial charge < -0.3 is 45.1 Å². The summed E-state index contributed by atoms with van der Waals surface area (Å²) in [6.45, 7) is 1.72. The van der Waals surface area contributed by atoms with Crippen LogP contribution in [0.25, 0.3) is 0 Å². The van der Waals surface area contributed by atoms with Gasteiger partial charge >= 0.3 is 33.3 Å². The molecular formula is C54H81N3O16P2. The predicted molar refractivity (Wildman–Crippen MR) is 290 cm³/mol. The molecule has 0 bridgehead atoms. The molecule has 3 unspecified atom stereocenters. The maximum Gasteiger partial charge on any atom is 0.481 e. The van der Waals surface area contributed by atoms with Crippen LogP contribution in [-0.4, -0.2) is 96.9 Å². The highest BCUT2D eigenvalue weighted by atomic mass is 31.3. The largest absolute Gasteiger partial charge is 0.481 e. The smallest absolute Gasteiger partial charge is 0.462 e. The Hall–Kier alpha value is -4.88. The summed E-state index contributed by atoms with van der Waals surface area (Å²) in [4.78, 5) is 61.9. The zero-order valence-electron chi connectivity index (χ0n) is 43.4. The summed E-state index contributed by atoms with van der Waals surface area (Å²) in [7, 11) is -10.9. The first kappa shape index (κ1) is 66.2. The first-order valence-electron chi connectivity index (χ1n) is 25.7. The number of rotatable bonds is 40. The Labute approximate surface area is 442 Å². The molecule has 21 heteroatoms. The third-order valence-corrected chi connectivity index (χ3v) is 13.2. The first-order valence-corrected chi connectivity index (χ1v) is 28.6. The maximum atomic E-state index is 12.9. The van der Waals surface area contributed by atoms with Crippen molar-refractivity contribution in [3.63, 3.8) is 0 Å². The van der Waals surface area contributed by atoms with Gasteiger partial charge in [-0.2, -0.15) is 9.29 Å². The molecule has 2 rings (SSSR count). The van der Waals surface area contributed by atoms with Crippen molar-refractivity contribution >= 4 is 33.4 Å². The van der Waals surface area contributed by atoms with Crippen LogP contribution < -0.4 is 11.4 Å². The van der Waals surface area contributed by atoms with Crippen LogP contribution in [0.3, 0.4) is 0 Å². The van der Waals surface area contributed by atoms with Crippen LogP contribution >= 0.6 is 15.6 Å². The van der Waals surface area contributed by atoms with Crippen molar-refractivity contribution in [2.45, 2.75) is 160 Å². The van der Waals surface area contributed by atoms with Crippen molar-refractivity contribution in [1.82, 2.24) is 9.55 Å². The number of aliphatic hydroxyl groups is 3. The van der Waals surface area contributed by atoms with Gasteiger partial charge in [-0.1, -0.05) is 148 Å². The molecule has 1 aliphatic rings. The third kappa shape index (κ3) is 33.0. The van der Waals surface area contributed by atoms with E-state index in [4.69, 9.17) is 29.0 Å². The lowest BCUT2D eigenvalue weighted by molar-refractivity contribution is -0.161. The van der Waals surface area contributed by atoms with E-state index < -0.39 is 89.8 Å². The van der Waals surface area contributed by atoms with Crippen LogP contribution in [0.5, 0.6) is 0 Å². The van der Waals surface area contributed by atoms with E-state index in [0.29, 0.717) is 25.7 Å². The van der Waals surface area contributed by atoms with Gasteiger partial charge in [0.05, 0.1) is 19.3 Å². The number of aromatic nitrogens is 2. The van der Waals surface area contributed by atoms with Gasteiger partial charge in [-0.05, 0) is 89.5 Å². The molecule has 0 amide bonds. The fourth-order valence-corrected chi connectivity index (χ4v) is 8.82. The lowest BCUT2D eigenvalue weighted by Crippen LogP contribution is -2.36. The van der Waals surface area contributed by atoms with E-state index in [1.807, 2.05) is 73.8 Å². The summed E-state index contributed by atoms with van der Waals surface area (Å²) in [6.07, 6.45) is 44.8. The Bertz CT molecular complexity index is 2250. The second-order valence-corrected chi connectivity index (χ2v) is 20.1. The summed E-state index contributed by atoms with van der Waals surface area (Å²) in [5, 5.41) is 30.8. The van der Waals surface area contributed by atoms with Gasteiger partial charge in [-0.25, -0.2) is 13.9 Å². The Morgan fingerprint density at radius 3 is 1.89 bits per heavy atom. The van der Waals surface area contributed by atoms with Crippen molar-refractivity contribution < 1.29 is 71.4 Å². The number of phosphoric acid groups is 2. The molecule has 19 nitrogen and oxygen atoms in total. The van der Waals surface area contributed by atoms with Crippen LogP contribution in [0.4, 0.5) is 5.82 Å². The fourth-order valence-electron chi connectivity index (χ4n) is 6.71. The quantitative estimate of drug-likeness (QED) is 0.0117. The van der Waals surface area contributed by atoms with Gasteiger partial charge in [0.15, 0.2) is 12.3 Å². The number of nitrogens with two attached hydrogens (primary N) is 1. The van der Waals surface area contributed by atoms with Gasteiger partial charge in [0.1, 0.15) is 30.7 Å². The number of hydrogen-bond acceptors (Lipinski definition) is 16. The monoisotopic (exact) mass is 1090 g/mol. The van der Waals surface area contributed by atoms with E-state index in [9.17, 15) is 48.6 Å². The van der Waals surface area contributed by atoms with Crippen molar-refractivity contribution in [2.24, 2.45) is 0 Å². The summed E-state index contributed by atoms with van der Waals surface area (Å²) in [6, 6.07) is 1.24. The molecule has 1 aromatic heterocycles. The minimum absolute atomic E-state index is 0.00948. The molecular weight excluding hydrogens is 1010 g/mol. The Morgan fingerprint density at radius 1 is 0.707 bits per heavy atom. The van der Waals surface area contributed by atoms with Crippen molar-refractivity contribution in [3.8, 4) is 0 Å². The topological polar surface area (TPSA) is 286 Å². The zero-order valence-corrected chi connectivity index (χ0v) is 45.2. The minimum atomic E-state index is -5.46. The van der Waals surface area contributed by atoms with Crippen LogP contribution in [0.15, 0.2) is 139 Å². The third-order valence-electron chi connectivity index (χ3n) is 10.6. The van der Waals surface area contributed by atoms with Gasteiger partial charge in [0, 0.05) is 19.0 Å². The Kier molecular flexibility index (Phi) is 35.7. The van der Waals surface area contributed by atoms with Crippen molar-refractivity contribution in [3.05, 3.63) is 144 Å². The molecule has 8 atom stereocenters. The van der Waals surface area contributed by atoms with Crippen molar-refractivity contribution in [2.75, 3.05) is 25.6 Å². The lowest BCUT2D eigenvalue weighted by Gasteiger charge is -2.21. The molecule has 1 fully saturated rings. The molecule has 0 saturated carbocycles. The van der Waals surface area contributed by atoms with Gasteiger partial charge in [0.25, 0.3) is 0 Å². The Morgan fingerprint density at radius 2 is 1.27 bits per heavy atom. The average molecular weight is 1090 g/mol. The molecule has 1 aromatic rings. The highest BCUT2D eigenvalue weighted by molar-refractivity contribution is 7.61. The molecule has 75 heavy (non-hydrogen) atoms. The second-order valence-electron chi connectivity index (χ2n) is 17.1. The molecule has 1 saturated heterocycles. The number of carbonyl (C=O) groups is 2. The van der Waals surface area contributed by atoms with E-state index in [-0.39, 0.29) is 18.7 Å². The lowest BCUT2D eigenvalue weighted by atomic mass is 10.1. The molecule has 2 heterocycles. The number of allylic oxidation sites excluding steroid dienone is 18. The maximum absolute atomic E-state index is 12.9. The number of ether oxygens (including phenoxy) is 3. The summed E-state index contributed by atoms with van der Waals surface area (Å²) in [5.74, 6) is -1.47. The number of unbranched alkanes of at least 4 members (excludes halogenated alkanes) is 4.